The Morgan fingerprint density at radius 3 is 2.96 bits per heavy atom. The molecule has 0 bridgehead atoms. The Morgan fingerprint density at radius 2 is 2.25 bits per heavy atom. The lowest BCUT2D eigenvalue weighted by Gasteiger charge is -2.40. The van der Waals surface area contributed by atoms with Gasteiger partial charge in [0.05, 0.1) is 5.69 Å². The lowest BCUT2D eigenvalue weighted by Crippen LogP contribution is -2.46. The molecule has 2 aromatic rings. The number of benzene rings is 1. The van der Waals surface area contributed by atoms with E-state index in [4.69, 9.17) is 4.74 Å². The molecule has 0 radical (unpaired) electrons. The van der Waals surface area contributed by atoms with E-state index in [-0.39, 0.29) is 17.7 Å². The van der Waals surface area contributed by atoms with Crippen LogP contribution in [0.5, 0.6) is 5.75 Å². The monoisotopic (exact) mass is 326 g/mol. The Bertz CT molecular complexity index is 713. The Kier molecular flexibility index (Phi) is 3.85. The molecule has 4 rings (SSSR count). The Labute approximate surface area is 143 Å². The van der Waals surface area contributed by atoms with Crippen LogP contribution in [-0.2, 0) is 7.05 Å². The van der Waals surface area contributed by atoms with E-state index < -0.39 is 0 Å². The van der Waals surface area contributed by atoms with Crippen LogP contribution in [0, 0.1) is 6.92 Å². The SMILES string of the molecule is Cc1cc(C(C)NC2CC3(CCNC3)Oc3ccccc32)nn1C. The number of fused-ring (bicyclic) bond motifs is 1. The molecule has 0 saturated carbocycles. The van der Waals surface area contributed by atoms with Crippen LogP contribution in [0.3, 0.4) is 0 Å². The zero-order valence-electron chi connectivity index (χ0n) is 14.7. The van der Waals surface area contributed by atoms with E-state index >= 15 is 0 Å². The van der Waals surface area contributed by atoms with Crippen molar-refractivity contribution in [1.29, 1.82) is 0 Å². The molecule has 24 heavy (non-hydrogen) atoms. The first kappa shape index (κ1) is 15.7. The molecule has 2 aliphatic rings. The first-order valence-corrected chi connectivity index (χ1v) is 8.82. The van der Waals surface area contributed by atoms with Crippen molar-refractivity contribution in [1.82, 2.24) is 20.4 Å². The molecule has 1 fully saturated rings. The minimum absolute atomic E-state index is 0.0776. The van der Waals surface area contributed by atoms with E-state index in [1.54, 1.807) is 0 Å². The lowest BCUT2D eigenvalue weighted by atomic mass is 9.86. The zero-order valence-corrected chi connectivity index (χ0v) is 14.7. The third-order valence-corrected chi connectivity index (χ3v) is 5.43. The summed E-state index contributed by atoms with van der Waals surface area (Å²) in [5.41, 5.74) is 3.46. The highest BCUT2D eigenvalue weighted by atomic mass is 16.5. The van der Waals surface area contributed by atoms with Gasteiger partial charge < -0.3 is 15.4 Å². The number of aryl methyl sites for hydroxylation is 2. The number of hydrogen-bond donors (Lipinski definition) is 2. The van der Waals surface area contributed by atoms with Crippen LogP contribution in [0.15, 0.2) is 30.3 Å². The maximum atomic E-state index is 6.40. The fourth-order valence-electron chi connectivity index (χ4n) is 3.94. The molecule has 1 spiro atoms. The molecule has 2 aliphatic heterocycles. The van der Waals surface area contributed by atoms with Gasteiger partial charge in [-0.15, -0.1) is 0 Å². The van der Waals surface area contributed by atoms with E-state index in [1.165, 1.54) is 11.3 Å². The maximum Gasteiger partial charge on any atom is 0.124 e. The van der Waals surface area contributed by atoms with Gasteiger partial charge in [-0.2, -0.15) is 5.10 Å². The molecule has 3 atom stereocenters. The Balaban J connectivity index is 1.61. The summed E-state index contributed by atoms with van der Waals surface area (Å²) in [4.78, 5) is 0. The fraction of sp³-hybridized carbons (Fsp3) is 0.526. The number of nitrogens with zero attached hydrogens (tertiary/aromatic N) is 2. The summed E-state index contributed by atoms with van der Waals surface area (Å²) in [6.45, 7) is 6.24. The third kappa shape index (κ3) is 2.72. The van der Waals surface area contributed by atoms with Crippen LogP contribution in [0.2, 0.25) is 0 Å². The van der Waals surface area contributed by atoms with Gasteiger partial charge in [-0.25, -0.2) is 0 Å². The number of rotatable bonds is 3. The summed E-state index contributed by atoms with van der Waals surface area (Å²) in [7, 11) is 1.99. The third-order valence-electron chi connectivity index (χ3n) is 5.43. The van der Waals surface area contributed by atoms with Gasteiger partial charge in [0.25, 0.3) is 0 Å². The average molecular weight is 326 g/mol. The second kappa shape index (κ2) is 5.90. The van der Waals surface area contributed by atoms with Gasteiger partial charge in [0, 0.05) is 49.8 Å². The quantitative estimate of drug-likeness (QED) is 0.910. The lowest BCUT2D eigenvalue weighted by molar-refractivity contribution is 0.0472. The molecule has 3 heterocycles. The maximum absolute atomic E-state index is 6.40. The van der Waals surface area contributed by atoms with Crippen LogP contribution in [0.25, 0.3) is 0 Å². The number of nitrogens with one attached hydrogen (secondary N) is 2. The van der Waals surface area contributed by atoms with Crippen molar-refractivity contribution in [2.75, 3.05) is 13.1 Å². The van der Waals surface area contributed by atoms with E-state index in [0.717, 1.165) is 37.4 Å². The molecule has 1 aromatic heterocycles. The van der Waals surface area contributed by atoms with Gasteiger partial charge in [0.1, 0.15) is 11.4 Å². The standard InChI is InChI=1S/C19H26N4O/c1-13-10-16(22-23(13)3)14(2)21-17-11-19(8-9-20-12-19)24-18-7-5-4-6-15(17)18/h4-7,10,14,17,20-21H,8-9,11-12H2,1-3H3. The van der Waals surface area contributed by atoms with Crippen LogP contribution in [0.1, 0.15) is 48.8 Å². The molecule has 0 amide bonds. The van der Waals surface area contributed by atoms with E-state index in [0.29, 0.717) is 0 Å². The summed E-state index contributed by atoms with van der Waals surface area (Å²) >= 11 is 0. The Hall–Kier alpha value is -1.85. The number of hydrogen-bond acceptors (Lipinski definition) is 4. The van der Waals surface area contributed by atoms with Crippen molar-refractivity contribution in [3.8, 4) is 5.75 Å². The van der Waals surface area contributed by atoms with Crippen LogP contribution < -0.4 is 15.4 Å². The van der Waals surface area contributed by atoms with Gasteiger partial charge in [0.2, 0.25) is 0 Å². The van der Waals surface area contributed by atoms with E-state index in [9.17, 15) is 0 Å². The minimum Gasteiger partial charge on any atom is -0.485 e. The summed E-state index contributed by atoms with van der Waals surface area (Å²) in [5, 5.41) is 11.9. The Morgan fingerprint density at radius 1 is 1.42 bits per heavy atom. The highest BCUT2D eigenvalue weighted by molar-refractivity contribution is 5.39. The smallest absolute Gasteiger partial charge is 0.124 e. The summed E-state index contributed by atoms with van der Waals surface area (Å²) in [5.74, 6) is 1.02. The summed E-state index contributed by atoms with van der Waals surface area (Å²) in [6, 6.07) is 11.1. The van der Waals surface area contributed by atoms with Gasteiger partial charge in [-0.1, -0.05) is 18.2 Å². The number of para-hydroxylation sites is 1. The molecule has 1 saturated heterocycles. The van der Waals surface area contributed by atoms with Crippen LogP contribution in [0.4, 0.5) is 0 Å². The minimum atomic E-state index is -0.0776. The number of aromatic nitrogens is 2. The average Bonchev–Trinajstić information content (AvgIpc) is 3.14. The predicted molar refractivity (Wildman–Crippen MR) is 94.1 cm³/mol. The normalized spacial score (nSPS) is 27.0. The van der Waals surface area contributed by atoms with Gasteiger partial charge in [-0.05, 0) is 32.5 Å². The van der Waals surface area contributed by atoms with Crippen molar-refractivity contribution < 1.29 is 4.74 Å². The summed E-state index contributed by atoms with van der Waals surface area (Å²) < 4.78 is 8.34. The van der Waals surface area contributed by atoms with E-state index in [2.05, 4.69) is 59.9 Å². The van der Waals surface area contributed by atoms with Crippen molar-refractivity contribution in [2.24, 2.45) is 7.05 Å². The highest BCUT2D eigenvalue weighted by Crippen LogP contribution is 2.42. The molecule has 2 N–H and O–H groups in total. The predicted octanol–water partition coefficient (Wildman–Crippen LogP) is 2.64. The van der Waals surface area contributed by atoms with Crippen LogP contribution >= 0.6 is 0 Å². The molecule has 0 aliphatic carbocycles. The van der Waals surface area contributed by atoms with E-state index in [1.807, 2.05) is 11.7 Å². The molecule has 5 heteroatoms. The molecular weight excluding hydrogens is 300 g/mol. The van der Waals surface area contributed by atoms with Crippen molar-refractivity contribution in [3.05, 3.63) is 47.3 Å². The van der Waals surface area contributed by atoms with Gasteiger partial charge in [-0.3, -0.25) is 4.68 Å². The molecule has 1 aromatic carbocycles. The van der Waals surface area contributed by atoms with Crippen molar-refractivity contribution in [3.63, 3.8) is 0 Å². The van der Waals surface area contributed by atoms with Crippen molar-refractivity contribution in [2.45, 2.75) is 44.4 Å². The number of ether oxygens (including phenoxy) is 1. The summed E-state index contributed by atoms with van der Waals surface area (Å²) in [6.07, 6.45) is 2.06. The second-order valence-electron chi connectivity index (χ2n) is 7.23. The zero-order chi connectivity index (χ0) is 16.7. The molecule has 5 nitrogen and oxygen atoms in total. The molecular formula is C19H26N4O. The van der Waals surface area contributed by atoms with Crippen molar-refractivity contribution >= 4 is 0 Å². The first-order valence-electron chi connectivity index (χ1n) is 8.82. The van der Waals surface area contributed by atoms with Gasteiger partial charge in [0.15, 0.2) is 0 Å². The second-order valence-corrected chi connectivity index (χ2v) is 7.23. The fourth-order valence-corrected chi connectivity index (χ4v) is 3.94. The first-order chi connectivity index (χ1) is 11.6. The topological polar surface area (TPSA) is 51.1 Å². The molecule has 3 unspecified atom stereocenters. The van der Waals surface area contributed by atoms with Gasteiger partial charge >= 0.3 is 0 Å². The highest BCUT2D eigenvalue weighted by Gasteiger charge is 2.43. The molecule has 128 valence electrons. The largest absolute Gasteiger partial charge is 0.485 e. The van der Waals surface area contributed by atoms with Crippen LogP contribution in [-0.4, -0.2) is 28.5 Å².